The lowest BCUT2D eigenvalue weighted by Crippen LogP contribution is -2.19. The molecule has 0 saturated heterocycles. The SMILES string of the molecule is COc1ccc(S(=O)(=O)Nc2ccc(N(c3ccc(C)cc3)S(=O)[O-])cc2)cc1. The van der Waals surface area contributed by atoms with E-state index in [1.54, 1.807) is 24.3 Å². The second kappa shape index (κ2) is 8.64. The van der Waals surface area contributed by atoms with Crippen molar-refractivity contribution >= 4 is 38.4 Å². The molecular formula is C20H19N2O5S2-. The Balaban J connectivity index is 1.83. The van der Waals surface area contributed by atoms with Crippen molar-refractivity contribution in [2.24, 2.45) is 0 Å². The van der Waals surface area contributed by atoms with Gasteiger partial charge >= 0.3 is 0 Å². The van der Waals surface area contributed by atoms with Crippen molar-refractivity contribution in [2.45, 2.75) is 11.8 Å². The fraction of sp³-hybridized carbons (Fsp3) is 0.100. The highest BCUT2D eigenvalue weighted by molar-refractivity contribution is 7.92. The molecule has 7 nitrogen and oxygen atoms in total. The molecule has 0 bridgehead atoms. The van der Waals surface area contributed by atoms with Crippen molar-refractivity contribution in [1.29, 1.82) is 0 Å². The molecule has 1 unspecified atom stereocenters. The summed E-state index contributed by atoms with van der Waals surface area (Å²) in [5.41, 5.74) is 2.18. The fourth-order valence-corrected chi connectivity index (χ4v) is 4.28. The third kappa shape index (κ3) is 4.94. The Labute approximate surface area is 172 Å². The van der Waals surface area contributed by atoms with Crippen LogP contribution in [-0.2, 0) is 21.3 Å². The predicted octanol–water partition coefficient (Wildman–Crippen LogP) is 3.74. The smallest absolute Gasteiger partial charge is 0.261 e. The minimum atomic E-state index is -3.79. The van der Waals surface area contributed by atoms with Crippen molar-refractivity contribution in [3.8, 4) is 5.75 Å². The third-order valence-corrected chi connectivity index (χ3v) is 6.26. The van der Waals surface area contributed by atoms with Crippen LogP contribution < -0.4 is 13.8 Å². The monoisotopic (exact) mass is 431 g/mol. The topological polar surface area (TPSA) is 98.8 Å². The van der Waals surface area contributed by atoms with E-state index in [1.807, 2.05) is 19.1 Å². The molecule has 0 heterocycles. The average Bonchev–Trinajstić information content (AvgIpc) is 2.70. The van der Waals surface area contributed by atoms with Gasteiger partial charge in [-0.15, -0.1) is 0 Å². The predicted molar refractivity (Wildman–Crippen MR) is 112 cm³/mol. The Hall–Kier alpha value is -2.88. The maximum absolute atomic E-state index is 12.5. The molecule has 152 valence electrons. The van der Waals surface area contributed by atoms with E-state index < -0.39 is 21.3 Å². The summed E-state index contributed by atoms with van der Waals surface area (Å²) in [6.07, 6.45) is 0. The number of methoxy groups -OCH3 is 1. The van der Waals surface area contributed by atoms with Gasteiger partial charge in [0, 0.05) is 5.69 Å². The zero-order valence-corrected chi connectivity index (χ0v) is 17.4. The number of benzene rings is 3. The van der Waals surface area contributed by atoms with Gasteiger partial charge in [0.2, 0.25) is 0 Å². The summed E-state index contributed by atoms with van der Waals surface area (Å²) in [7, 11) is -2.29. The van der Waals surface area contributed by atoms with E-state index in [1.165, 1.54) is 43.5 Å². The molecule has 0 amide bonds. The lowest BCUT2D eigenvalue weighted by molar-refractivity contribution is 0.414. The van der Waals surface area contributed by atoms with Gasteiger partial charge in [-0.2, -0.15) is 0 Å². The molecule has 0 aliphatic heterocycles. The van der Waals surface area contributed by atoms with Crippen LogP contribution >= 0.6 is 0 Å². The quantitative estimate of drug-likeness (QED) is 0.575. The van der Waals surface area contributed by atoms with Gasteiger partial charge in [0.05, 0.1) is 34.6 Å². The van der Waals surface area contributed by atoms with Crippen LogP contribution in [0.3, 0.4) is 0 Å². The van der Waals surface area contributed by atoms with Gasteiger partial charge in [-0.05, 0) is 67.6 Å². The summed E-state index contributed by atoms with van der Waals surface area (Å²) in [5, 5.41) is 0. The summed E-state index contributed by atoms with van der Waals surface area (Å²) >= 11 is -2.54. The lowest BCUT2D eigenvalue weighted by atomic mass is 10.2. The first-order valence-electron chi connectivity index (χ1n) is 8.53. The maximum atomic E-state index is 12.5. The van der Waals surface area contributed by atoms with E-state index in [2.05, 4.69) is 4.72 Å². The standard InChI is InChI=1S/C20H20N2O5S2/c1-15-3-7-17(8-4-15)22(28(23)24)18-9-5-16(6-10-18)21-29(25,26)20-13-11-19(27-2)12-14-20/h3-14,21H,1-2H3,(H,23,24)/p-1. The van der Waals surface area contributed by atoms with Crippen molar-refractivity contribution < 1.29 is 21.9 Å². The molecule has 0 fully saturated rings. The molecule has 3 aromatic rings. The number of hydrogen-bond acceptors (Lipinski definition) is 5. The number of nitrogens with one attached hydrogen (secondary N) is 1. The molecular weight excluding hydrogens is 412 g/mol. The van der Waals surface area contributed by atoms with Gasteiger partial charge in [0.1, 0.15) is 5.75 Å². The van der Waals surface area contributed by atoms with Crippen LogP contribution in [0.5, 0.6) is 5.75 Å². The Morgan fingerprint density at radius 3 is 1.90 bits per heavy atom. The van der Waals surface area contributed by atoms with Crippen LogP contribution in [0.15, 0.2) is 77.7 Å². The summed E-state index contributed by atoms with van der Waals surface area (Å²) in [6, 6.07) is 19.1. The largest absolute Gasteiger partial charge is 0.755 e. The van der Waals surface area contributed by atoms with E-state index in [9.17, 15) is 17.2 Å². The second-order valence-corrected chi connectivity index (χ2v) is 8.66. The van der Waals surface area contributed by atoms with Gasteiger partial charge in [0.15, 0.2) is 0 Å². The van der Waals surface area contributed by atoms with Gasteiger partial charge in [-0.3, -0.25) is 13.2 Å². The summed E-state index contributed by atoms with van der Waals surface area (Å²) < 4.78 is 57.1. The van der Waals surface area contributed by atoms with Gasteiger partial charge in [-0.25, -0.2) is 8.42 Å². The van der Waals surface area contributed by atoms with E-state index >= 15 is 0 Å². The van der Waals surface area contributed by atoms with Crippen LogP contribution in [0.25, 0.3) is 0 Å². The third-order valence-electron chi connectivity index (χ3n) is 4.14. The molecule has 1 atom stereocenters. The Bertz CT molecular complexity index is 1100. The molecule has 1 N–H and O–H groups in total. The number of sulfonamides is 1. The first kappa shape index (κ1) is 20.8. The Kier molecular flexibility index (Phi) is 6.21. The molecule has 0 spiro atoms. The zero-order chi connectivity index (χ0) is 21.0. The Morgan fingerprint density at radius 1 is 0.897 bits per heavy atom. The molecule has 0 aliphatic rings. The van der Waals surface area contributed by atoms with Crippen LogP contribution in [-0.4, -0.2) is 24.3 Å². The number of rotatable bonds is 7. The van der Waals surface area contributed by atoms with Crippen LogP contribution in [0.2, 0.25) is 0 Å². The van der Waals surface area contributed by atoms with Crippen LogP contribution in [0.4, 0.5) is 17.1 Å². The van der Waals surface area contributed by atoms with Gasteiger partial charge < -0.3 is 9.29 Å². The molecule has 29 heavy (non-hydrogen) atoms. The summed E-state index contributed by atoms with van der Waals surface area (Å²) in [5.74, 6) is 0.551. The molecule has 3 aromatic carbocycles. The highest BCUT2D eigenvalue weighted by Crippen LogP contribution is 2.29. The molecule has 0 aliphatic carbocycles. The van der Waals surface area contributed by atoms with E-state index in [0.717, 1.165) is 9.87 Å². The highest BCUT2D eigenvalue weighted by atomic mass is 32.2. The number of hydrogen-bond donors (Lipinski definition) is 1. The fourth-order valence-electron chi connectivity index (χ4n) is 2.64. The summed E-state index contributed by atoms with van der Waals surface area (Å²) in [6.45, 7) is 1.91. The maximum Gasteiger partial charge on any atom is 0.261 e. The van der Waals surface area contributed by atoms with Gasteiger partial charge in [-0.1, -0.05) is 17.7 Å². The van der Waals surface area contributed by atoms with Crippen molar-refractivity contribution in [3.63, 3.8) is 0 Å². The summed E-state index contributed by atoms with van der Waals surface area (Å²) in [4.78, 5) is 0.0873. The minimum absolute atomic E-state index is 0.0873. The van der Waals surface area contributed by atoms with E-state index in [0.29, 0.717) is 22.8 Å². The van der Waals surface area contributed by atoms with Crippen molar-refractivity contribution in [3.05, 3.63) is 78.4 Å². The van der Waals surface area contributed by atoms with Crippen LogP contribution in [0, 0.1) is 6.92 Å². The number of aryl methyl sites for hydroxylation is 1. The number of ether oxygens (including phenoxy) is 1. The second-order valence-electron chi connectivity index (χ2n) is 6.17. The minimum Gasteiger partial charge on any atom is -0.755 e. The van der Waals surface area contributed by atoms with Crippen molar-refractivity contribution in [1.82, 2.24) is 0 Å². The number of nitrogens with zero attached hydrogens (tertiary/aromatic N) is 1. The lowest BCUT2D eigenvalue weighted by Gasteiger charge is -2.26. The molecule has 0 aromatic heterocycles. The van der Waals surface area contributed by atoms with Gasteiger partial charge in [0.25, 0.3) is 10.0 Å². The molecule has 3 rings (SSSR count). The van der Waals surface area contributed by atoms with Crippen LogP contribution in [0.1, 0.15) is 5.56 Å². The van der Waals surface area contributed by atoms with Crippen molar-refractivity contribution in [2.75, 3.05) is 16.1 Å². The molecule has 9 heteroatoms. The van der Waals surface area contributed by atoms with E-state index in [-0.39, 0.29) is 4.90 Å². The zero-order valence-electron chi connectivity index (χ0n) is 15.7. The normalized spacial score (nSPS) is 12.2. The highest BCUT2D eigenvalue weighted by Gasteiger charge is 2.15. The Morgan fingerprint density at radius 2 is 1.41 bits per heavy atom. The average molecular weight is 432 g/mol. The number of anilines is 3. The first-order chi connectivity index (χ1) is 13.8. The molecule has 0 radical (unpaired) electrons. The first-order valence-corrected chi connectivity index (χ1v) is 11.0. The van der Waals surface area contributed by atoms with E-state index in [4.69, 9.17) is 4.74 Å². The molecule has 0 saturated carbocycles.